The summed E-state index contributed by atoms with van der Waals surface area (Å²) in [5, 5.41) is 0. The first kappa shape index (κ1) is 16.0. The SMILES string of the molecule is CCCCCC1CCC(C2CCC(C=CF)CC2)CC1. The highest BCUT2D eigenvalue weighted by atomic mass is 19.1. The van der Waals surface area contributed by atoms with Crippen LogP contribution in [0, 0.1) is 23.7 Å². The Kier molecular flexibility index (Phi) is 7.10. The van der Waals surface area contributed by atoms with Crippen molar-refractivity contribution in [2.75, 3.05) is 0 Å². The molecule has 2 saturated carbocycles. The zero-order chi connectivity index (χ0) is 14.2. The lowest BCUT2D eigenvalue weighted by molar-refractivity contribution is 0.151. The molecular weight excluding hydrogens is 247 g/mol. The molecule has 2 fully saturated rings. The topological polar surface area (TPSA) is 0 Å². The van der Waals surface area contributed by atoms with E-state index in [2.05, 4.69) is 6.92 Å². The van der Waals surface area contributed by atoms with Gasteiger partial charge in [-0.25, -0.2) is 4.39 Å². The summed E-state index contributed by atoms with van der Waals surface area (Å²) < 4.78 is 12.2. The molecule has 0 nitrogen and oxygen atoms in total. The van der Waals surface area contributed by atoms with E-state index >= 15 is 0 Å². The van der Waals surface area contributed by atoms with Crippen molar-refractivity contribution in [2.45, 2.75) is 84.0 Å². The molecule has 0 radical (unpaired) electrons. The molecule has 0 unspecified atom stereocenters. The second-order valence-electron chi connectivity index (χ2n) is 7.27. The molecule has 2 rings (SSSR count). The molecule has 0 spiro atoms. The van der Waals surface area contributed by atoms with Gasteiger partial charge in [-0.15, -0.1) is 0 Å². The highest BCUT2D eigenvalue weighted by molar-refractivity contribution is 4.89. The van der Waals surface area contributed by atoms with Gasteiger partial charge in [0, 0.05) is 0 Å². The van der Waals surface area contributed by atoms with Crippen molar-refractivity contribution in [2.24, 2.45) is 23.7 Å². The molecule has 0 heterocycles. The van der Waals surface area contributed by atoms with Gasteiger partial charge in [-0.1, -0.05) is 51.5 Å². The van der Waals surface area contributed by atoms with Gasteiger partial charge >= 0.3 is 0 Å². The van der Waals surface area contributed by atoms with Crippen LogP contribution in [0.4, 0.5) is 4.39 Å². The Balaban J connectivity index is 1.64. The molecule has 0 aromatic carbocycles. The van der Waals surface area contributed by atoms with Crippen LogP contribution in [0.3, 0.4) is 0 Å². The molecule has 116 valence electrons. The Bertz CT molecular complexity index is 267. The maximum Gasteiger partial charge on any atom is 0.0829 e. The summed E-state index contributed by atoms with van der Waals surface area (Å²) in [6.07, 6.45) is 19.3. The van der Waals surface area contributed by atoms with Crippen molar-refractivity contribution in [3.8, 4) is 0 Å². The van der Waals surface area contributed by atoms with E-state index in [1.165, 1.54) is 77.0 Å². The third-order valence-corrected chi connectivity index (χ3v) is 5.94. The summed E-state index contributed by atoms with van der Waals surface area (Å²) in [5.41, 5.74) is 0. The van der Waals surface area contributed by atoms with Gasteiger partial charge in [0.05, 0.1) is 6.33 Å². The smallest absolute Gasteiger partial charge is 0.0829 e. The van der Waals surface area contributed by atoms with Gasteiger partial charge in [0.15, 0.2) is 0 Å². The fraction of sp³-hybridized carbons (Fsp3) is 0.895. The first-order valence-corrected chi connectivity index (χ1v) is 9.10. The highest BCUT2D eigenvalue weighted by Crippen LogP contribution is 2.42. The van der Waals surface area contributed by atoms with Crippen molar-refractivity contribution < 1.29 is 4.39 Å². The average molecular weight is 280 g/mol. The summed E-state index contributed by atoms with van der Waals surface area (Å²) in [6.45, 7) is 2.30. The number of hydrogen-bond acceptors (Lipinski definition) is 0. The summed E-state index contributed by atoms with van der Waals surface area (Å²) in [7, 11) is 0. The molecule has 2 aliphatic rings. The van der Waals surface area contributed by atoms with Crippen LogP contribution in [0.2, 0.25) is 0 Å². The largest absolute Gasteiger partial charge is 0.216 e. The van der Waals surface area contributed by atoms with Gasteiger partial charge < -0.3 is 0 Å². The van der Waals surface area contributed by atoms with Crippen LogP contribution in [0.1, 0.15) is 84.0 Å². The van der Waals surface area contributed by atoms with E-state index in [1.807, 2.05) is 0 Å². The predicted octanol–water partition coefficient (Wildman–Crippen LogP) is 6.66. The van der Waals surface area contributed by atoms with Crippen molar-refractivity contribution in [1.82, 2.24) is 0 Å². The Morgan fingerprint density at radius 1 is 0.850 bits per heavy atom. The third kappa shape index (κ3) is 4.90. The van der Waals surface area contributed by atoms with Crippen LogP contribution in [0.25, 0.3) is 0 Å². The molecular formula is C19H33F. The Hall–Kier alpha value is -0.330. The second-order valence-corrected chi connectivity index (χ2v) is 7.27. The minimum Gasteiger partial charge on any atom is -0.216 e. The lowest BCUT2D eigenvalue weighted by atomic mass is 9.68. The molecule has 0 amide bonds. The van der Waals surface area contributed by atoms with Gasteiger partial charge in [-0.3, -0.25) is 0 Å². The van der Waals surface area contributed by atoms with Gasteiger partial charge in [-0.2, -0.15) is 0 Å². The normalized spacial score (nSPS) is 35.5. The van der Waals surface area contributed by atoms with Crippen LogP contribution < -0.4 is 0 Å². The minimum atomic E-state index is 0.529. The molecule has 0 saturated heterocycles. The molecule has 0 N–H and O–H groups in total. The number of unbranched alkanes of at least 4 members (excludes halogenated alkanes) is 2. The molecule has 0 bridgehead atoms. The summed E-state index contributed by atoms with van der Waals surface area (Å²) >= 11 is 0. The standard InChI is InChI=1S/C19H33F/c1-2-3-4-5-16-6-10-18(11-7-16)19-12-8-17(9-13-19)14-15-20/h14-19H,2-13H2,1H3. The lowest BCUT2D eigenvalue weighted by Crippen LogP contribution is -2.25. The predicted molar refractivity (Wildman–Crippen MR) is 85.3 cm³/mol. The van der Waals surface area contributed by atoms with E-state index in [-0.39, 0.29) is 0 Å². The van der Waals surface area contributed by atoms with Crippen molar-refractivity contribution in [3.05, 3.63) is 12.4 Å². The minimum absolute atomic E-state index is 0.529. The van der Waals surface area contributed by atoms with E-state index in [0.717, 1.165) is 24.1 Å². The maximum absolute atomic E-state index is 12.2. The molecule has 1 heteroatoms. The third-order valence-electron chi connectivity index (χ3n) is 5.94. The van der Waals surface area contributed by atoms with Crippen LogP contribution in [0.5, 0.6) is 0 Å². The Morgan fingerprint density at radius 2 is 1.45 bits per heavy atom. The Labute approximate surface area is 125 Å². The number of halogens is 1. The van der Waals surface area contributed by atoms with E-state index in [9.17, 15) is 4.39 Å². The van der Waals surface area contributed by atoms with Crippen LogP contribution in [-0.2, 0) is 0 Å². The van der Waals surface area contributed by atoms with Gasteiger partial charge in [-0.05, 0) is 62.2 Å². The van der Waals surface area contributed by atoms with Crippen LogP contribution in [0.15, 0.2) is 12.4 Å². The van der Waals surface area contributed by atoms with Gasteiger partial charge in [0.1, 0.15) is 0 Å². The summed E-state index contributed by atoms with van der Waals surface area (Å²) in [5.74, 6) is 3.51. The van der Waals surface area contributed by atoms with Gasteiger partial charge in [0.2, 0.25) is 0 Å². The summed E-state index contributed by atoms with van der Waals surface area (Å²) in [4.78, 5) is 0. The zero-order valence-corrected chi connectivity index (χ0v) is 13.3. The molecule has 0 aromatic rings. The van der Waals surface area contributed by atoms with Crippen molar-refractivity contribution in [3.63, 3.8) is 0 Å². The average Bonchev–Trinajstić information content (AvgIpc) is 2.49. The zero-order valence-electron chi connectivity index (χ0n) is 13.3. The molecule has 2 aliphatic carbocycles. The molecule has 20 heavy (non-hydrogen) atoms. The quantitative estimate of drug-likeness (QED) is 0.477. The molecule has 0 aromatic heterocycles. The highest BCUT2D eigenvalue weighted by Gasteiger charge is 2.30. The summed E-state index contributed by atoms with van der Waals surface area (Å²) in [6, 6.07) is 0. The van der Waals surface area contributed by atoms with Gasteiger partial charge in [0.25, 0.3) is 0 Å². The van der Waals surface area contributed by atoms with E-state index in [0.29, 0.717) is 5.92 Å². The second kappa shape index (κ2) is 8.85. The number of rotatable bonds is 6. The molecule has 0 aliphatic heterocycles. The first-order chi connectivity index (χ1) is 9.83. The van der Waals surface area contributed by atoms with Crippen molar-refractivity contribution in [1.29, 1.82) is 0 Å². The van der Waals surface area contributed by atoms with Crippen LogP contribution in [-0.4, -0.2) is 0 Å². The van der Waals surface area contributed by atoms with E-state index < -0.39 is 0 Å². The fourth-order valence-electron chi connectivity index (χ4n) is 4.54. The monoisotopic (exact) mass is 280 g/mol. The maximum atomic E-state index is 12.2. The van der Waals surface area contributed by atoms with E-state index in [1.54, 1.807) is 6.08 Å². The van der Waals surface area contributed by atoms with Crippen LogP contribution >= 0.6 is 0 Å². The fourth-order valence-corrected chi connectivity index (χ4v) is 4.54. The Morgan fingerprint density at radius 3 is 2.00 bits per heavy atom. The number of hydrogen-bond donors (Lipinski definition) is 0. The van der Waals surface area contributed by atoms with E-state index in [4.69, 9.17) is 0 Å². The van der Waals surface area contributed by atoms with Crippen molar-refractivity contribution >= 4 is 0 Å². The lowest BCUT2D eigenvalue weighted by Gasteiger charge is -2.37. The number of allylic oxidation sites excluding steroid dienone is 1. The molecule has 0 atom stereocenters. The first-order valence-electron chi connectivity index (χ1n) is 9.10.